The lowest BCUT2D eigenvalue weighted by molar-refractivity contribution is -0.553. The molecule has 0 amide bonds. The molecule has 3 aliphatic heterocycles. The Hall–Kier alpha value is -2.02. The Morgan fingerprint density at radius 3 is 2.61 bits per heavy atom. The minimum atomic E-state index is -1.70. The number of fused-ring (bicyclic) bond motifs is 2. The number of hydrogen-bond donors (Lipinski definition) is 3. The molecule has 11 nitrogen and oxygen atoms in total. The zero-order valence-electron chi connectivity index (χ0n) is 24.3. The summed E-state index contributed by atoms with van der Waals surface area (Å²) in [6, 6.07) is 0. The molecule has 11 heteroatoms. The first-order chi connectivity index (χ1) is 19.2. The summed E-state index contributed by atoms with van der Waals surface area (Å²) in [5.74, 6) is 2.07. The van der Waals surface area contributed by atoms with Gasteiger partial charge in [0.15, 0.2) is 0 Å². The van der Waals surface area contributed by atoms with E-state index in [0.29, 0.717) is 31.4 Å². The van der Waals surface area contributed by atoms with Gasteiger partial charge in [-0.15, -0.1) is 0 Å². The van der Waals surface area contributed by atoms with Gasteiger partial charge in [-0.3, -0.25) is 9.59 Å². The van der Waals surface area contributed by atoms with Gasteiger partial charge in [-0.2, -0.15) is 0 Å². The Labute approximate surface area is 239 Å². The third kappa shape index (κ3) is 2.96. The fourth-order valence-corrected chi connectivity index (χ4v) is 11.3. The van der Waals surface area contributed by atoms with E-state index in [4.69, 9.17) is 34.4 Å². The van der Waals surface area contributed by atoms with Crippen molar-refractivity contribution in [2.75, 3.05) is 13.7 Å². The number of nitrogens with two attached hydrogens (primary N) is 1. The summed E-state index contributed by atoms with van der Waals surface area (Å²) in [6.45, 7) is 8.13. The third-order valence-corrected chi connectivity index (χ3v) is 12.8. The molecular weight excluding hydrogens is 534 g/mol. The van der Waals surface area contributed by atoms with E-state index >= 15 is 0 Å². The van der Waals surface area contributed by atoms with Crippen LogP contribution in [-0.2, 0) is 38.1 Å². The number of methoxy groups -OCH3 is 1. The summed E-state index contributed by atoms with van der Waals surface area (Å²) in [4.78, 5) is 31.7. The number of rotatable bonds is 5. The smallest absolute Gasteiger partial charge is 0.306 e. The molecule has 3 bridgehead atoms. The Bertz CT molecular complexity index is 1270. The average Bonchev–Trinajstić information content (AvgIpc) is 3.30. The van der Waals surface area contributed by atoms with Crippen molar-refractivity contribution in [3.63, 3.8) is 0 Å². The molecule has 12 unspecified atom stereocenters. The second kappa shape index (κ2) is 8.12. The van der Waals surface area contributed by atoms with Crippen LogP contribution in [0.2, 0.25) is 0 Å². The molecule has 0 aromatic rings. The Kier molecular flexibility index (Phi) is 5.50. The molecule has 4 aliphatic carbocycles. The molecule has 4 saturated carbocycles. The third-order valence-electron chi connectivity index (χ3n) is 12.8. The van der Waals surface area contributed by atoms with Crippen molar-refractivity contribution >= 4 is 11.9 Å². The van der Waals surface area contributed by atoms with Gasteiger partial charge in [0.05, 0.1) is 25.1 Å². The van der Waals surface area contributed by atoms with Crippen LogP contribution in [0.1, 0.15) is 66.2 Å². The number of carbonyl (C=O) groups excluding carboxylic acids is 2. The average molecular weight is 576 g/mol. The van der Waals surface area contributed by atoms with Crippen molar-refractivity contribution in [2.45, 2.75) is 101 Å². The summed E-state index contributed by atoms with van der Waals surface area (Å²) in [5.41, 5.74) is -5.63. The first-order valence-electron chi connectivity index (χ1n) is 14.6. The van der Waals surface area contributed by atoms with Gasteiger partial charge >= 0.3 is 11.9 Å². The maximum atomic E-state index is 13.4. The molecule has 2 saturated heterocycles. The minimum Gasteiger partial charge on any atom is -0.497 e. The molecule has 3 heterocycles. The number of aliphatic hydroxyl groups excluding tert-OH is 1. The molecule has 4 N–H and O–H groups in total. The molecule has 0 radical (unpaired) electrons. The molecule has 0 aromatic carbocycles. The lowest BCUT2D eigenvalue weighted by Gasteiger charge is -2.78. The fourth-order valence-electron chi connectivity index (χ4n) is 11.3. The van der Waals surface area contributed by atoms with Gasteiger partial charge in [0.2, 0.25) is 0 Å². The summed E-state index contributed by atoms with van der Waals surface area (Å²) in [7, 11) is 1.37. The number of aliphatic hydroxyl groups is 2. The van der Waals surface area contributed by atoms with E-state index in [0.717, 1.165) is 0 Å². The Balaban J connectivity index is 1.46. The van der Waals surface area contributed by atoms with E-state index < -0.39 is 69.0 Å². The van der Waals surface area contributed by atoms with Crippen LogP contribution >= 0.6 is 0 Å². The maximum Gasteiger partial charge on any atom is 0.306 e. The summed E-state index contributed by atoms with van der Waals surface area (Å²) < 4.78 is 30.4. The van der Waals surface area contributed by atoms with Crippen molar-refractivity contribution in [3.05, 3.63) is 24.0 Å². The quantitative estimate of drug-likeness (QED) is 0.325. The molecule has 12 atom stereocenters. The van der Waals surface area contributed by atoms with E-state index in [-0.39, 0.29) is 31.1 Å². The van der Waals surface area contributed by atoms with Gasteiger partial charge in [-0.05, 0) is 49.0 Å². The second-order valence-corrected chi connectivity index (χ2v) is 14.4. The highest BCUT2D eigenvalue weighted by Crippen LogP contribution is 2.86. The largest absolute Gasteiger partial charge is 0.497 e. The van der Waals surface area contributed by atoms with Gasteiger partial charge in [-0.25, -0.2) is 10.7 Å². The summed E-state index contributed by atoms with van der Waals surface area (Å²) in [6.07, 6.45) is 5.09. The van der Waals surface area contributed by atoms with Gasteiger partial charge < -0.3 is 33.9 Å². The molecule has 7 aliphatic rings. The molecule has 2 spiro atoms. The van der Waals surface area contributed by atoms with Crippen LogP contribution in [0.5, 0.6) is 0 Å². The van der Waals surface area contributed by atoms with Crippen LogP contribution in [0, 0.1) is 34.0 Å². The SMILES string of the molecule is COC(=O)CC1C2(C)CC3(O)C4OC(=O)CC5C4C4(CCC5(C)C(O)C5=COCC=C5)OC(C)(ON)OC3(C2)C14C. The predicted molar refractivity (Wildman–Crippen MR) is 140 cm³/mol. The number of carbonyl (C=O) groups is 2. The standard InChI is InChI=1S/C30H41NO10/c1-24-14-28(35)23-21-17(11-20(33)38-23)25(2,22(34)16-7-6-10-37-13-16)8-9-29(21)26(3,18(24)12-19(32)36-5)30(28,15-24)40-27(4,39-29)41-31/h6-7,13,17-18,21-23,34-35H,8-12,14-15,31H2,1-5H3. The van der Waals surface area contributed by atoms with Gasteiger partial charge in [-0.1, -0.05) is 26.8 Å². The molecular formula is C30H41NO10. The number of esters is 2. The highest BCUT2D eigenvalue weighted by atomic mass is 16.9. The van der Waals surface area contributed by atoms with E-state index in [1.807, 2.05) is 19.1 Å². The zero-order valence-corrected chi connectivity index (χ0v) is 24.3. The van der Waals surface area contributed by atoms with E-state index in [9.17, 15) is 19.8 Å². The van der Waals surface area contributed by atoms with Crippen LogP contribution in [0.4, 0.5) is 0 Å². The molecule has 7 rings (SSSR count). The molecule has 0 aromatic heterocycles. The Morgan fingerprint density at radius 2 is 1.95 bits per heavy atom. The highest BCUT2D eigenvalue weighted by molar-refractivity contribution is 5.73. The predicted octanol–water partition coefficient (Wildman–Crippen LogP) is 2.00. The van der Waals surface area contributed by atoms with Gasteiger partial charge in [0.1, 0.15) is 23.9 Å². The van der Waals surface area contributed by atoms with Crippen molar-refractivity contribution in [1.29, 1.82) is 0 Å². The first-order valence-corrected chi connectivity index (χ1v) is 14.6. The van der Waals surface area contributed by atoms with Crippen LogP contribution < -0.4 is 5.90 Å². The minimum absolute atomic E-state index is 0.0385. The van der Waals surface area contributed by atoms with Gasteiger partial charge in [0, 0.05) is 42.1 Å². The van der Waals surface area contributed by atoms with Crippen molar-refractivity contribution in [3.8, 4) is 0 Å². The normalized spacial score (nSPS) is 54.9. The van der Waals surface area contributed by atoms with Crippen molar-refractivity contribution < 1.29 is 48.3 Å². The molecule has 226 valence electrons. The van der Waals surface area contributed by atoms with Gasteiger partial charge in [0.25, 0.3) is 5.97 Å². The summed E-state index contributed by atoms with van der Waals surface area (Å²) >= 11 is 0. The van der Waals surface area contributed by atoms with Crippen LogP contribution in [0.25, 0.3) is 0 Å². The number of hydrogen-bond acceptors (Lipinski definition) is 11. The monoisotopic (exact) mass is 575 g/mol. The van der Waals surface area contributed by atoms with Crippen molar-refractivity contribution in [1.82, 2.24) is 0 Å². The lowest BCUT2D eigenvalue weighted by atomic mass is 9.35. The maximum absolute atomic E-state index is 13.4. The Morgan fingerprint density at radius 1 is 1.20 bits per heavy atom. The van der Waals surface area contributed by atoms with Crippen LogP contribution in [0.3, 0.4) is 0 Å². The summed E-state index contributed by atoms with van der Waals surface area (Å²) in [5, 5.41) is 24.8. The molecule has 6 fully saturated rings. The number of ether oxygens (including phenoxy) is 5. The highest BCUT2D eigenvalue weighted by Gasteiger charge is 2.94. The van der Waals surface area contributed by atoms with E-state index in [1.165, 1.54) is 7.11 Å². The zero-order chi connectivity index (χ0) is 29.4. The van der Waals surface area contributed by atoms with E-state index in [2.05, 4.69) is 13.8 Å². The topological polar surface area (TPSA) is 156 Å². The van der Waals surface area contributed by atoms with E-state index in [1.54, 1.807) is 13.2 Å². The molecule has 41 heavy (non-hydrogen) atoms. The van der Waals surface area contributed by atoms with Crippen LogP contribution in [-0.4, -0.2) is 70.9 Å². The van der Waals surface area contributed by atoms with Crippen LogP contribution in [0.15, 0.2) is 24.0 Å². The fraction of sp³-hybridized carbons (Fsp3) is 0.800. The second-order valence-electron chi connectivity index (χ2n) is 14.4. The first kappa shape index (κ1) is 27.8. The lowest BCUT2D eigenvalue weighted by Crippen LogP contribution is -2.90. The van der Waals surface area contributed by atoms with Crippen molar-refractivity contribution in [2.24, 2.45) is 39.9 Å².